The summed E-state index contributed by atoms with van der Waals surface area (Å²) in [5.41, 5.74) is 9.07. The summed E-state index contributed by atoms with van der Waals surface area (Å²) in [5.74, 6) is 0. The number of hydrogen-bond acceptors (Lipinski definition) is 2. The van der Waals surface area contributed by atoms with Crippen LogP contribution in [0.1, 0.15) is 11.1 Å². The van der Waals surface area contributed by atoms with E-state index < -0.39 is 0 Å². The topological polar surface area (TPSA) is 6.48 Å². The summed E-state index contributed by atoms with van der Waals surface area (Å²) < 4.78 is 0. The molecule has 0 aliphatic carbocycles. The molecule has 0 heterocycles. The highest BCUT2D eigenvalue weighted by atomic mass is 15.1. The molecule has 0 aromatic heterocycles. The molecule has 0 amide bonds. The standard InChI is InChI=1S/C66H44N2/c1-3-15-51-40-57-43-61(35-30-54(57)38-49(51)13-1)67(65-21-9-17-47-11-5-7-19-63(47)65)59-32-26-45(27-33-59)23-24-46-25-28-56-42-60(34-29-53(56)37-46)68(66-22-10-18-48-12-6-8-20-64(48)66)62-36-31-55-39-50-14-2-4-16-52(50)41-58(55)44-62/h1-44H. The number of benzene rings is 13. The Labute approximate surface area is 395 Å². The summed E-state index contributed by atoms with van der Waals surface area (Å²) in [6, 6.07) is 93.2. The SMILES string of the molecule is C(=Cc1ccc2cc(N(c3ccc4cc5ccccc5cc4c3)c3cccc4ccccc34)ccc2c1)c1ccc(N(c2ccc3cc4ccccc4cc3c2)c2cccc3ccccc23)cc1. The number of fused-ring (bicyclic) bond motifs is 7. The van der Waals surface area contributed by atoms with E-state index in [0.29, 0.717) is 0 Å². The maximum absolute atomic E-state index is 2.41. The van der Waals surface area contributed by atoms with E-state index in [9.17, 15) is 0 Å². The molecule has 0 N–H and O–H groups in total. The van der Waals surface area contributed by atoms with Crippen LogP contribution in [-0.2, 0) is 0 Å². The van der Waals surface area contributed by atoms with Crippen molar-refractivity contribution in [3.8, 4) is 0 Å². The molecular formula is C66H44N2. The van der Waals surface area contributed by atoms with E-state index >= 15 is 0 Å². The van der Waals surface area contributed by atoms with Crippen molar-refractivity contribution in [3.05, 3.63) is 266 Å². The van der Waals surface area contributed by atoms with Crippen molar-refractivity contribution in [1.82, 2.24) is 0 Å². The second-order valence-corrected chi connectivity index (χ2v) is 17.8. The molecule has 0 bridgehead atoms. The van der Waals surface area contributed by atoms with Crippen molar-refractivity contribution in [2.75, 3.05) is 9.80 Å². The molecule has 13 aromatic carbocycles. The van der Waals surface area contributed by atoms with Crippen LogP contribution in [0.3, 0.4) is 0 Å². The molecule has 318 valence electrons. The maximum Gasteiger partial charge on any atom is 0.0540 e. The zero-order valence-corrected chi connectivity index (χ0v) is 37.3. The molecule has 0 aliphatic heterocycles. The molecule has 0 aliphatic rings. The van der Waals surface area contributed by atoms with E-state index in [1.165, 1.54) is 75.4 Å². The fourth-order valence-electron chi connectivity index (χ4n) is 10.2. The van der Waals surface area contributed by atoms with Gasteiger partial charge < -0.3 is 9.80 Å². The lowest BCUT2D eigenvalue weighted by atomic mass is 10.0. The summed E-state index contributed by atoms with van der Waals surface area (Å²) in [7, 11) is 0. The predicted octanol–water partition coefficient (Wildman–Crippen LogP) is 18.9. The Bertz CT molecular complexity index is 4100. The van der Waals surface area contributed by atoms with E-state index in [2.05, 4.69) is 277 Å². The third kappa shape index (κ3) is 7.17. The normalized spacial score (nSPS) is 11.8. The molecular weight excluding hydrogens is 821 g/mol. The third-order valence-electron chi connectivity index (χ3n) is 13.6. The van der Waals surface area contributed by atoms with Crippen molar-refractivity contribution >= 4 is 122 Å². The molecule has 2 heteroatoms. The van der Waals surface area contributed by atoms with Crippen molar-refractivity contribution in [2.24, 2.45) is 0 Å². The zero-order chi connectivity index (χ0) is 45.0. The maximum atomic E-state index is 2.41. The first-order valence-corrected chi connectivity index (χ1v) is 23.4. The van der Waals surface area contributed by atoms with Crippen LogP contribution in [0.2, 0.25) is 0 Å². The predicted molar refractivity (Wildman–Crippen MR) is 294 cm³/mol. The molecule has 0 atom stereocenters. The highest BCUT2D eigenvalue weighted by Crippen LogP contribution is 2.43. The first kappa shape index (κ1) is 39.4. The lowest BCUT2D eigenvalue weighted by molar-refractivity contribution is 1.30. The second-order valence-electron chi connectivity index (χ2n) is 17.8. The van der Waals surface area contributed by atoms with Crippen molar-refractivity contribution in [1.29, 1.82) is 0 Å². The minimum Gasteiger partial charge on any atom is -0.310 e. The van der Waals surface area contributed by atoms with Crippen LogP contribution in [0.15, 0.2) is 255 Å². The summed E-state index contributed by atoms with van der Waals surface area (Å²) >= 11 is 0. The smallest absolute Gasteiger partial charge is 0.0540 e. The zero-order valence-electron chi connectivity index (χ0n) is 37.3. The Balaban J connectivity index is 0.831. The average Bonchev–Trinajstić information content (AvgIpc) is 3.39. The van der Waals surface area contributed by atoms with Gasteiger partial charge in [-0.25, -0.2) is 0 Å². The van der Waals surface area contributed by atoms with Gasteiger partial charge in [0.15, 0.2) is 0 Å². The van der Waals surface area contributed by atoms with Crippen LogP contribution in [-0.4, -0.2) is 0 Å². The molecule has 0 saturated carbocycles. The quantitative estimate of drug-likeness (QED) is 0.111. The van der Waals surface area contributed by atoms with Gasteiger partial charge in [0.1, 0.15) is 0 Å². The molecule has 0 saturated heterocycles. The Kier molecular flexibility index (Phi) is 9.54. The lowest BCUT2D eigenvalue weighted by Crippen LogP contribution is -2.10. The molecule has 0 unspecified atom stereocenters. The molecule has 13 rings (SSSR count). The summed E-state index contributed by atoms with van der Waals surface area (Å²) in [6.45, 7) is 0. The average molecular weight is 865 g/mol. The van der Waals surface area contributed by atoms with Crippen LogP contribution < -0.4 is 9.80 Å². The Morgan fingerprint density at radius 3 is 1.04 bits per heavy atom. The Hall–Kier alpha value is -8.98. The van der Waals surface area contributed by atoms with Gasteiger partial charge in [0.05, 0.1) is 11.4 Å². The Morgan fingerprint density at radius 2 is 0.529 bits per heavy atom. The van der Waals surface area contributed by atoms with E-state index in [1.54, 1.807) is 0 Å². The van der Waals surface area contributed by atoms with Gasteiger partial charge in [0.25, 0.3) is 0 Å². The van der Waals surface area contributed by atoms with Gasteiger partial charge in [-0.1, -0.05) is 176 Å². The minimum absolute atomic E-state index is 1.11. The van der Waals surface area contributed by atoms with Crippen LogP contribution in [0.25, 0.3) is 87.6 Å². The van der Waals surface area contributed by atoms with Gasteiger partial charge in [0.2, 0.25) is 0 Å². The fraction of sp³-hybridized carbons (Fsp3) is 0. The van der Waals surface area contributed by atoms with Gasteiger partial charge in [-0.05, 0) is 167 Å². The van der Waals surface area contributed by atoms with Crippen molar-refractivity contribution in [3.63, 3.8) is 0 Å². The largest absolute Gasteiger partial charge is 0.310 e. The highest BCUT2D eigenvalue weighted by Gasteiger charge is 2.18. The van der Waals surface area contributed by atoms with Crippen LogP contribution >= 0.6 is 0 Å². The minimum atomic E-state index is 1.11. The molecule has 0 radical (unpaired) electrons. The summed E-state index contributed by atoms with van der Waals surface area (Å²) in [4.78, 5) is 4.81. The fourth-order valence-corrected chi connectivity index (χ4v) is 10.2. The van der Waals surface area contributed by atoms with E-state index in [1.807, 2.05) is 0 Å². The van der Waals surface area contributed by atoms with Crippen LogP contribution in [0, 0.1) is 0 Å². The van der Waals surface area contributed by atoms with Crippen LogP contribution in [0.5, 0.6) is 0 Å². The number of hydrogen-bond donors (Lipinski definition) is 0. The highest BCUT2D eigenvalue weighted by molar-refractivity contribution is 6.05. The lowest BCUT2D eigenvalue weighted by Gasteiger charge is -2.27. The van der Waals surface area contributed by atoms with Crippen molar-refractivity contribution in [2.45, 2.75) is 0 Å². The first-order valence-electron chi connectivity index (χ1n) is 23.4. The molecule has 0 spiro atoms. The number of rotatable bonds is 8. The summed E-state index contributed by atoms with van der Waals surface area (Å²) in [5, 5.41) is 17.2. The van der Waals surface area contributed by atoms with Gasteiger partial charge in [-0.2, -0.15) is 0 Å². The molecule has 13 aromatic rings. The van der Waals surface area contributed by atoms with E-state index in [0.717, 1.165) is 45.3 Å². The van der Waals surface area contributed by atoms with Gasteiger partial charge in [-0.3, -0.25) is 0 Å². The van der Waals surface area contributed by atoms with Crippen molar-refractivity contribution < 1.29 is 0 Å². The van der Waals surface area contributed by atoms with Gasteiger partial charge in [0, 0.05) is 33.5 Å². The Morgan fingerprint density at radius 1 is 0.206 bits per heavy atom. The van der Waals surface area contributed by atoms with E-state index in [-0.39, 0.29) is 0 Å². The van der Waals surface area contributed by atoms with E-state index in [4.69, 9.17) is 0 Å². The number of anilines is 6. The first-order chi connectivity index (χ1) is 33.6. The van der Waals surface area contributed by atoms with Gasteiger partial charge in [-0.15, -0.1) is 0 Å². The molecule has 68 heavy (non-hydrogen) atoms. The second kappa shape index (κ2) is 16.5. The third-order valence-corrected chi connectivity index (χ3v) is 13.6. The molecule has 0 fully saturated rings. The van der Waals surface area contributed by atoms with Crippen LogP contribution in [0.4, 0.5) is 34.1 Å². The van der Waals surface area contributed by atoms with Gasteiger partial charge >= 0.3 is 0 Å². The molecule has 2 nitrogen and oxygen atoms in total. The monoisotopic (exact) mass is 864 g/mol. The number of nitrogens with zero attached hydrogens (tertiary/aromatic N) is 2. The summed E-state index contributed by atoms with van der Waals surface area (Å²) in [6.07, 6.45) is 4.44.